The average Bonchev–Trinajstić information content (AvgIpc) is 2.95. The van der Waals surface area contributed by atoms with Crippen LogP contribution in [0.1, 0.15) is 30.4 Å². The first-order valence-corrected chi connectivity index (χ1v) is 8.66. The molecule has 0 radical (unpaired) electrons. The van der Waals surface area contributed by atoms with Crippen molar-refractivity contribution in [3.8, 4) is 0 Å². The third-order valence-electron chi connectivity index (χ3n) is 5.01. The Balaban J connectivity index is 1.53. The van der Waals surface area contributed by atoms with Crippen molar-refractivity contribution in [1.82, 2.24) is 10.3 Å². The molecule has 1 heterocycles. The quantitative estimate of drug-likeness (QED) is 0.719. The van der Waals surface area contributed by atoms with E-state index in [4.69, 9.17) is 11.6 Å². The molecule has 0 spiro atoms. The minimum Gasteiger partial charge on any atom is -0.361 e. The van der Waals surface area contributed by atoms with Crippen LogP contribution in [-0.4, -0.2) is 10.9 Å². The number of nitrogens with one attached hydrogen (secondary N) is 2. The van der Waals surface area contributed by atoms with E-state index in [2.05, 4.69) is 10.3 Å². The van der Waals surface area contributed by atoms with E-state index in [1.54, 1.807) is 0 Å². The lowest BCUT2D eigenvalue weighted by molar-refractivity contribution is -0.123. The van der Waals surface area contributed by atoms with Gasteiger partial charge in [-0.15, -0.1) is 0 Å². The number of H-pyrrole nitrogens is 1. The highest BCUT2D eigenvalue weighted by Gasteiger charge is 2.39. The lowest BCUT2D eigenvalue weighted by atomic mass is 9.71. The molecule has 0 bridgehead atoms. The van der Waals surface area contributed by atoms with E-state index in [0.717, 1.165) is 46.3 Å². The van der Waals surface area contributed by atoms with E-state index >= 15 is 0 Å². The summed E-state index contributed by atoms with van der Waals surface area (Å²) in [4.78, 5) is 15.9. The number of halogens is 1. The van der Waals surface area contributed by atoms with Crippen molar-refractivity contribution in [2.75, 3.05) is 0 Å². The Hall–Kier alpha value is -2.26. The zero-order chi connectivity index (χ0) is 16.6. The van der Waals surface area contributed by atoms with Crippen LogP contribution in [-0.2, 0) is 16.8 Å². The molecule has 122 valence electrons. The summed E-state index contributed by atoms with van der Waals surface area (Å²) in [6.45, 7) is 0. The summed E-state index contributed by atoms with van der Waals surface area (Å²) in [5.74, 6) is 0.0643. The smallest absolute Gasteiger partial charge is 0.225 e. The monoisotopic (exact) mass is 338 g/mol. The van der Waals surface area contributed by atoms with E-state index in [-0.39, 0.29) is 11.4 Å². The van der Waals surface area contributed by atoms with Crippen LogP contribution in [0.2, 0.25) is 5.02 Å². The van der Waals surface area contributed by atoms with Crippen molar-refractivity contribution in [2.24, 2.45) is 0 Å². The number of rotatable bonds is 4. The predicted octanol–water partition coefficient (Wildman–Crippen LogP) is 4.56. The third-order valence-corrected chi connectivity index (χ3v) is 5.26. The molecule has 1 amide bonds. The molecule has 4 heteroatoms. The summed E-state index contributed by atoms with van der Waals surface area (Å²) in [7, 11) is 0. The number of amides is 1. The molecule has 0 atom stereocenters. The number of aromatic amines is 1. The topological polar surface area (TPSA) is 44.9 Å². The highest BCUT2D eigenvalue weighted by molar-refractivity contribution is 6.30. The Morgan fingerprint density at radius 3 is 2.58 bits per heavy atom. The van der Waals surface area contributed by atoms with Gasteiger partial charge in [0.05, 0.1) is 12.0 Å². The second-order valence-electron chi connectivity index (χ2n) is 6.53. The second-order valence-corrected chi connectivity index (χ2v) is 6.96. The molecule has 1 aromatic heterocycles. The minimum absolute atomic E-state index is 0.0643. The highest BCUT2D eigenvalue weighted by Crippen LogP contribution is 2.41. The lowest BCUT2D eigenvalue weighted by Gasteiger charge is -2.43. The molecule has 2 N–H and O–H groups in total. The van der Waals surface area contributed by atoms with Crippen LogP contribution in [0.5, 0.6) is 0 Å². The Morgan fingerprint density at radius 2 is 1.88 bits per heavy atom. The fourth-order valence-corrected chi connectivity index (χ4v) is 3.67. The van der Waals surface area contributed by atoms with Gasteiger partial charge in [0.1, 0.15) is 0 Å². The first kappa shape index (κ1) is 15.3. The van der Waals surface area contributed by atoms with Gasteiger partial charge in [0.15, 0.2) is 0 Å². The van der Waals surface area contributed by atoms with Crippen LogP contribution < -0.4 is 5.32 Å². The number of hydrogen-bond donors (Lipinski definition) is 2. The SMILES string of the molecule is O=C(Cc1c[nH]c2ccccc12)NC1(c2ccc(Cl)cc2)CCC1. The predicted molar refractivity (Wildman–Crippen MR) is 97.1 cm³/mol. The van der Waals surface area contributed by atoms with Gasteiger partial charge in [-0.05, 0) is 48.6 Å². The van der Waals surface area contributed by atoms with Crippen LogP contribution in [0.4, 0.5) is 0 Å². The number of para-hydroxylation sites is 1. The van der Waals surface area contributed by atoms with E-state index < -0.39 is 0 Å². The number of hydrogen-bond acceptors (Lipinski definition) is 1. The zero-order valence-corrected chi connectivity index (χ0v) is 14.1. The molecular weight excluding hydrogens is 320 g/mol. The number of carbonyl (C=O) groups excluding carboxylic acids is 1. The van der Waals surface area contributed by atoms with E-state index in [1.807, 2.05) is 54.7 Å². The van der Waals surface area contributed by atoms with Crippen molar-refractivity contribution in [1.29, 1.82) is 0 Å². The van der Waals surface area contributed by atoms with Crippen LogP contribution >= 0.6 is 11.6 Å². The van der Waals surface area contributed by atoms with E-state index in [0.29, 0.717) is 6.42 Å². The number of aromatic nitrogens is 1. The van der Waals surface area contributed by atoms with Gasteiger partial charge in [-0.3, -0.25) is 4.79 Å². The first-order valence-electron chi connectivity index (χ1n) is 8.28. The highest BCUT2D eigenvalue weighted by atomic mass is 35.5. The third kappa shape index (κ3) is 2.69. The van der Waals surface area contributed by atoms with Crippen molar-refractivity contribution < 1.29 is 4.79 Å². The van der Waals surface area contributed by atoms with Crippen molar-refractivity contribution in [2.45, 2.75) is 31.2 Å². The maximum atomic E-state index is 12.7. The summed E-state index contributed by atoms with van der Waals surface area (Å²) in [6.07, 6.45) is 5.41. The van der Waals surface area contributed by atoms with Crippen LogP contribution in [0, 0.1) is 0 Å². The van der Waals surface area contributed by atoms with Gasteiger partial charge in [0.25, 0.3) is 0 Å². The fourth-order valence-electron chi connectivity index (χ4n) is 3.55. The zero-order valence-electron chi connectivity index (χ0n) is 13.3. The molecule has 1 saturated carbocycles. The van der Waals surface area contributed by atoms with Crippen molar-refractivity contribution in [3.63, 3.8) is 0 Å². The van der Waals surface area contributed by atoms with Crippen molar-refractivity contribution >= 4 is 28.4 Å². The Bertz CT molecular complexity index is 878. The van der Waals surface area contributed by atoms with Crippen LogP contribution in [0.15, 0.2) is 54.7 Å². The second kappa shape index (κ2) is 5.99. The minimum atomic E-state index is -0.228. The van der Waals surface area contributed by atoms with Crippen molar-refractivity contribution in [3.05, 3.63) is 70.9 Å². The molecule has 4 rings (SSSR count). The Morgan fingerprint density at radius 1 is 1.12 bits per heavy atom. The van der Waals surface area contributed by atoms with Gasteiger partial charge in [-0.2, -0.15) is 0 Å². The van der Waals surface area contributed by atoms with Gasteiger partial charge in [0, 0.05) is 22.1 Å². The summed E-state index contributed by atoms with van der Waals surface area (Å²) in [6, 6.07) is 15.9. The molecule has 0 saturated heterocycles. The molecule has 3 aromatic rings. The Labute approximate surface area is 146 Å². The number of fused-ring (bicyclic) bond motifs is 1. The summed E-state index contributed by atoms with van der Waals surface area (Å²) >= 11 is 5.99. The molecule has 1 fully saturated rings. The van der Waals surface area contributed by atoms with Gasteiger partial charge in [-0.1, -0.05) is 41.9 Å². The molecule has 0 aliphatic heterocycles. The molecule has 24 heavy (non-hydrogen) atoms. The first-order chi connectivity index (χ1) is 11.7. The van der Waals surface area contributed by atoms with E-state index in [1.165, 1.54) is 0 Å². The lowest BCUT2D eigenvalue weighted by Crippen LogP contribution is -2.51. The normalized spacial score (nSPS) is 15.9. The summed E-state index contributed by atoms with van der Waals surface area (Å²) in [5, 5.41) is 5.11. The van der Waals surface area contributed by atoms with Gasteiger partial charge in [-0.25, -0.2) is 0 Å². The Kier molecular flexibility index (Phi) is 3.81. The molecule has 1 aliphatic rings. The maximum Gasteiger partial charge on any atom is 0.225 e. The molecule has 2 aromatic carbocycles. The molecule has 0 unspecified atom stereocenters. The molecule has 3 nitrogen and oxygen atoms in total. The summed E-state index contributed by atoms with van der Waals surface area (Å²) in [5.41, 5.74) is 3.02. The fraction of sp³-hybridized carbons (Fsp3) is 0.250. The summed E-state index contributed by atoms with van der Waals surface area (Å²) < 4.78 is 0. The van der Waals surface area contributed by atoms with Crippen LogP contribution in [0.3, 0.4) is 0 Å². The number of carbonyl (C=O) groups is 1. The largest absolute Gasteiger partial charge is 0.361 e. The van der Waals surface area contributed by atoms with Crippen LogP contribution in [0.25, 0.3) is 10.9 Å². The average molecular weight is 339 g/mol. The molecular formula is C20H19ClN2O. The molecule has 1 aliphatic carbocycles. The standard InChI is InChI=1S/C20H19ClN2O/c21-16-8-6-15(7-9-16)20(10-3-11-20)23-19(24)12-14-13-22-18-5-2-1-4-17(14)18/h1-2,4-9,13,22H,3,10-12H2,(H,23,24). The van der Waals surface area contributed by atoms with Gasteiger partial charge >= 0.3 is 0 Å². The number of benzene rings is 2. The van der Waals surface area contributed by atoms with Gasteiger partial charge in [0.2, 0.25) is 5.91 Å². The van der Waals surface area contributed by atoms with Gasteiger partial charge < -0.3 is 10.3 Å². The maximum absolute atomic E-state index is 12.7. The van der Waals surface area contributed by atoms with E-state index in [9.17, 15) is 4.79 Å².